The molecule has 0 N–H and O–H groups in total. The van der Waals surface area contributed by atoms with E-state index < -0.39 is 0 Å². The van der Waals surface area contributed by atoms with Gasteiger partial charge in [0, 0.05) is 18.7 Å². The maximum absolute atomic E-state index is 11.9. The van der Waals surface area contributed by atoms with Crippen LogP contribution in [0.4, 0.5) is 0 Å². The molecule has 0 bridgehead atoms. The molecule has 2 heterocycles. The number of hydrogen-bond acceptors (Lipinski definition) is 7. The number of aromatic nitrogens is 4. The van der Waals surface area contributed by atoms with Crippen molar-refractivity contribution in [2.45, 2.75) is 25.7 Å². The zero-order valence-corrected chi connectivity index (χ0v) is 12.8. The Morgan fingerprint density at radius 1 is 1.43 bits per heavy atom. The van der Waals surface area contributed by atoms with Crippen LogP contribution in [0.2, 0.25) is 0 Å². The van der Waals surface area contributed by atoms with E-state index in [-0.39, 0.29) is 31.5 Å². The largest absolute Gasteiger partial charge is 0.463 e. The maximum Gasteiger partial charge on any atom is 0.302 e. The second-order valence-electron chi connectivity index (χ2n) is 4.24. The smallest absolute Gasteiger partial charge is 0.302 e. The van der Waals surface area contributed by atoms with Crippen LogP contribution in [0.1, 0.15) is 12.6 Å². The van der Waals surface area contributed by atoms with Crippen molar-refractivity contribution in [3.8, 4) is 0 Å². The number of fused-ring (bicyclic) bond motifs is 1. The van der Waals surface area contributed by atoms with Crippen LogP contribution in [0, 0.1) is 6.92 Å². The molecule has 0 aromatic carbocycles. The van der Waals surface area contributed by atoms with Crippen molar-refractivity contribution < 1.29 is 14.3 Å². The summed E-state index contributed by atoms with van der Waals surface area (Å²) in [4.78, 5) is 26.8. The second-order valence-corrected chi connectivity index (χ2v) is 5.01. The van der Waals surface area contributed by atoms with Gasteiger partial charge in [-0.2, -0.15) is 4.52 Å². The summed E-state index contributed by atoms with van der Waals surface area (Å²) >= 11 is 1.39. The molecule has 0 saturated heterocycles. The van der Waals surface area contributed by atoms with Gasteiger partial charge in [-0.1, -0.05) is 11.8 Å². The Balaban J connectivity index is 2.18. The monoisotopic (exact) mass is 312 g/mol. The van der Waals surface area contributed by atoms with Gasteiger partial charge in [-0.3, -0.25) is 14.2 Å². The fourth-order valence-electron chi connectivity index (χ4n) is 1.73. The van der Waals surface area contributed by atoms with Gasteiger partial charge >= 0.3 is 5.97 Å². The molecular formula is C12H16N4O4S. The Kier molecular flexibility index (Phi) is 4.97. The number of esters is 1. The van der Waals surface area contributed by atoms with Crippen LogP contribution in [-0.4, -0.2) is 44.6 Å². The highest BCUT2D eigenvalue weighted by Crippen LogP contribution is 2.14. The van der Waals surface area contributed by atoms with Crippen molar-refractivity contribution >= 4 is 23.5 Å². The van der Waals surface area contributed by atoms with Crippen LogP contribution in [-0.2, 0) is 21.0 Å². The van der Waals surface area contributed by atoms with E-state index in [9.17, 15) is 9.59 Å². The zero-order valence-electron chi connectivity index (χ0n) is 12.0. The molecule has 114 valence electrons. The lowest BCUT2D eigenvalue weighted by atomic mass is 10.4. The zero-order chi connectivity index (χ0) is 15.4. The molecule has 0 atom stereocenters. The van der Waals surface area contributed by atoms with Gasteiger partial charge in [-0.15, -0.1) is 5.10 Å². The molecule has 0 radical (unpaired) electrons. The molecule has 2 aromatic heterocycles. The normalized spacial score (nSPS) is 11.0. The van der Waals surface area contributed by atoms with Crippen LogP contribution < -0.4 is 5.56 Å². The molecular weight excluding hydrogens is 296 g/mol. The van der Waals surface area contributed by atoms with Crippen molar-refractivity contribution in [2.75, 3.05) is 19.5 Å². The minimum atomic E-state index is -0.347. The highest BCUT2D eigenvalue weighted by Gasteiger charge is 2.13. The molecule has 0 saturated carbocycles. The number of thioether (sulfide) groups is 1. The van der Waals surface area contributed by atoms with Crippen LogP contribution in [0.3, 0.4) is 0 Å². The van der Waals surface area contributed by atoms with Gasteiger partial charge in [0.05, 0.1) is 6.61 Å². The fraction of sp³-hybridized carbons (Fsp3) is 0.500. The van der Waals surface area contributed by atoms with E-state index in [1.165, 1.54) is 29.3 Å². The van der Waals surface area contributed by atoms with Crippen LogP contribution in [0.5, 0.6) is 0 Å². The first-order valence-electron chi connectivity index (χ1n) is 6.25. The first kappa shape index (κ1) is 15.5. The number of carbonyl (C=O) groups excluding carboxylic acids is 1. The minimum absolute atomic E-state index is 0.177. The van der Waals surface area contributed by atoms with E-state index in [1.807, 2.05) is 6.26 Å². The topological polar surface area (TPSA) is 87.7 Å². The maximum atomic E-state index is 11.9. The van der Waals surface area contributed by atoms with Gasteiger partial charge in [-0.05, 0) is 13.2 Å². The number of aryl methyl sites for hydroxylation is 1. The molecule has 0 unspecified atom stereocenters. The Hall–Kier alpha value is -1.87. The van der Waals surface area contributed by atoms with Crippen molar-refractivity contribution in [3.63, 3.8) is 0 Å². The lowest BCUT2D eigenvalue weighted by Crippen LogP contribution is -2.16. The third-order valence-corrected chi connectivity index (χ3v) is 3.27. The van der Waals surface area contributed by atoms with E-state index in [2.05, 4.69) is 10.1 Å². The first-order valence-corrected chi connectivity index (χ1v) is 7.47. The van der Waals surface area contributed by atoms with Gasteiger partial charge in [0.2, 0.25) is 5.78 Å². The Morgan fingerprint density at radius 3 is 2.86 bits per heavy atom. The summed E-state index contributed by atoms with van der Waals surface area (Å²) in [5.41, 5.74) is 0.389. The molecule has 0 aliphatic carbocycles. The van der Waals surface area contributed by atoms with Crippen molar-refractivity contribution in [1.82, 2.24) is 19.2 Å². The predicted octanol–water partition coefficient (Wildman–Crippen LogP) is 0.459. The quantitative estimate of drug-likeness (QED) is 0.435. The summed E-state index contributed by atoms with van der Waals surface area (Å²) < 4.78 is 13.2. The van der Waals surface area contributed by atoms with E-state index in [0.29, 0.717) is 16.6 Å². The number of hydrogen-bond donors (Lipinski definition) is 0. The molecule has 0 aliphatic rings. The van der Waals surface area contributed by atoms with Crippen LogP contribution >= 0.6 is 11.8 Å². The molecule has 0 fully saturated rings. The van der Waals surface area contributed by atoms with E-state index in [0.717, 1.165) is 0 Å². The summed E-state index contributed by atoms with van der Waals surface area (Å²) in [6, 6.07) is 1.43. The summed E-state index contributed by atoms with van der Waals surface area (Å²) in [5.74, 6) is 0.0807. The summed E-state index contributed by atoms with van der Waals surface area (Å²) in [6.07, 6.45) is 1.86. The highest BCUT2D eigenvalue weighted by molar-refractivity contribution is 7.98. The van der Waals surface area contributed by atoms with Crippen molar-refractivity contribution in [1.29, 1.82) is 0 Å². The predicted molar refractivity (Wildman–Crippen MR) is 76.4 cm³/mol. The number of nitrogens with zero attached hydrogens (tertiary/aromatic N) is 4. The van der Waals surface area contributed by atoms with Crippen molar-refractivity contribution in [3.05, 3.63) is 22.1 Å². The Labute approximate surface area is 125 Å². The van der Waals surface area contributed by atoms with Crippen LogP contribution in [0.15, 0.2) is 16.0 Å². The molecule has 9 heteroatoms. The van der Waals surface area contributed by atoms with E-state index in [4.69, 9.17) is 9.47 Å². The van der Waals surface area contributed by atoms with Gasteiger partial charge in [0.15, 0.2) is 5.16 Å². The Morgan fingerprint density at radius 2 is 2.19 bits per heavy atom. The van der Waals surface area contributed by atoms with Crippen molar-refractivity contribution in [2.24, 2.45) is 0 Å². The van der Waals surface area contributed by atoms with Crippen LogP contribution in [0.25, 0.3) is 5.78 Å². The van der Waals surface area contributed by atoms with Gasteiger partial charge in [0.1, 0.15) is 13.3 Å². The number of rotatable bonds is 6. The third kappa shape index (κ3) is 3.61. The molecule has 2 aromatic rings. The summed E-state index contributed by atoms with van der Waals surface area (Å²) in [7, 11) is 0. The summed E-state index contributed by atoms with van der Waals surface area (Å²) in [5, 5.41) is 4.82. The Bertz CT molecular complexity index is 709. The third-order valence-electron chi connectivity index (χ3n) is 2.60. The average Bonchev–Trinajstić information content (AvgIpc) is 2.76. The van der Waals surface area contributed by atoms with Gasteiger partial charge in [0.25, 0.3) is 5.56 Å². The standard InChI is InChI=1S/C12H16N4O4S/c1-8-6-10(18)16-11(13-8)15(12(14-16)21-3)7-19-4-5-20-9(2)17/h6H,4-5,7H2,1-3H3. The minimum Gasteiger partial charge on any atom is -0.463 e. The van der Waals surface area contributed by atoms with Gasteiger partial charge in [-0.25, -0.2) is 4.98 Å². The lowest BCUT2D eigenvalue weighted by molar-refractivity contribution is -0.142. The fourth-order valence-corrected chi connectivity index (χ4v) is 2.25. The lowest BCUT2D eigenvalue weighted by Gasteiger charge is -2.07. The number of carbonyl (C=O) groups is 1. The summed E-state index contributed by atoms with van der Waals surface area (Å²) in [6.45, 7) is 3.71. The molecule has 0 aliphatic heterocycles. The van der Waals surface area contributed by atoms with E-state index in [1.54, 1.807) is 11.5 Å². The van der Waals surface area contributed by atoms with E-state index >= 15 is 0 Å². The average molecular weight is 312 g/mol. The molecule has 21 heavy (non-hydrogen) atoms. The first-order chi connectivity index (χ1) is 10.0. The molecule has 2 rings (SSSR count). The second kappa shape index (κ2) is 6.72. The molecule has 0 spiro atoms. The highest BCUT2D eigenvalue weighted by atomic mass is 32.2. The number of ether oxygens (including phenoxy) is 2. The molecule has 8 nitrogen and oxygen atoms in total. The molecule has 0 amide bonds. The SMILES string of the molecule is CSc1nn2c(=O)cc(C)nc2n1COCCOC(C)=O. The van der Waals surface area contributed by atoms with Gasteiger partial charge < -0.3 is 9.47 Å².